The maximum atomic E-state index is 11.0. The summed E-state index contributed by atoms with van der Waals surface area (Å²) in [7, 11) is 0. The van der Waals surface area contributed by atoms with Crippen LogP contribution in [0.2, 0.25) is 0 Å². The van der Waals surface area contributed by atoms with Crippen molar-refractivity contribution in [2.45, 2.75) is 13.3 Å². The summed E-state index contributed by atoms with van der Waals surface area (Å²) in [6, 6.07) is 6.35. The van der Waals surface area contributed by atoms with Gasteiger partial charge in [0.05, 0.1) is 11.3 Å². The summed E-state index contributed by atoms with van der Waals surface area (Å²) < 4.78 is 9.48. The van der Waals surface area contributed by atoms with E-state index < -0.39 is 5.97 Å². The van der Waals surface area contributed by atoms with E-state index in [1.54, 1.807) is 12.1 Å². The normalized spacial score (nSPS) is 10.7. The molecule has 0 fully saturated rings. The Morgan fingerprint density at radius 1 is 1.29 bits per heavy atom. The third-order valence-electron chi connectivity index (χ3n) is 2.87. The second kappa shape index (κ2) is 5.41. The van der Waals surface area contributed by atoms with E-state index in [0.717, 1.165) is 17.0 Å². The first-order chi connectivity index (χ1) is 10.2. The Balaban J connectivity index is 1.99. The second-order valence-corrected chi connectivity index (χ2v) is 4.95. The van der Waals surface area contributed by atoms with Crippen molar-refractivity contribution < 1.29 is 14.3 Å². The van der Waals surface area contributed by atoms with Crippen LogP contribution in [0.15, 0.2) is 28.7 Å². The Labute approximate surface area is 123 Å². The number of hydrogen-bond donors (Lipinski definition) is 1. The summed E-state index contributed by atoms with van der Waals surface area (Å²) in [6.07, 6.45) is 0.720. The van der Waals surface area contributed by atoms with Crippen molar-refractivity contribution in [3.05, 3.63) is 35.5 Å². The SMILES string of the molecule is CCc1nnsc1-c1nnc(-c2cccc(C(=O)O)c2)o1. The minimum Gasteiger partial charge on any atom is -0.478 e. The van der Waals surface area contributed by atoms with E-state index in [4.69, 9.17) is 9.52 Å². The van der Waals surface area contributed by atoms with Gasteiger partial charge in [0.25, 0.3) is 5.89 Å². The van der Waals surface area contributed by atoms with Gasteiger partial charge in [-0.1, -0.05) is 17.5 Å². The number of benzene rings is 1. The average molecular weight is 302 g/mol. The lowest BCUT2D eigenvalue weighted by atomic mass is 10.1. The van der Waals surface area contributed by atoms with Crippen LogP contribution in [0.3, 0.4) is 0 Å². The second-order valence-electron chi connectivity index (χ2n) is 4.20. The zero-order chi connectivity index (χ0) is 14.8. The Hall–Kier alpha value is -2.61. The van der Waals surface area contributed by atoms with E-state index in [1.165, 1.54) is 23.7 Å². The Kier molecular flexibility index (Phi) is 3.44. The average Bonchev–Trinajstić information content (AvgIpc) is 3.15. The molecule has 0 radical (unpaired) electrons. The van der Waals surface area contributed by atoms with Crippen molar-refractivity contribution in [1.29, 1.82) is 0 Å². The fraction of sp³-hybridized carbons (Fsp3) is 0.154. The van der Waals surface area contributed by atoms with Gasteiger partial charge in [0.1, 0.15) is 4.88 Å². The van der Waals surface area contributed by atoms with Crippen molar-refractivity contribution in [2.75, 3.05) is 0 Å². The van der Waals surface area contributed by atoms with Crippen LogP contribution in [0, 0.1) is 0 Å². The summed E-state index contributed by atoms with van der Waals surface area (Å²) in [6.45, 7) is 1.97. The summed E-state index contributed by atoms with van der Waals surface area (Å²) in [5.41, 5.74) is 1.53. The zero-order valence-electron chi connectivity index (χ0n) is 11.0. The van der Waals surface area contributed by atoms with Gasteiger partial charge in [-0.2, -0.15) is 0 Å². The number of carbonyl (C=O) groups is 1. The quantitative estimate of drug-likeness (QED) is 0.789. The van der Waals surface area contributed by atoms with Gasteiger partial charge in [-0.3, -0.25) is 0 Å². The predicted molar refractivity (Wildman–Crippen MR) is 75.0 cm³/mol. The lowest BCUT2D eigenvalue weighted by Crippen LogP contribution is -1.95. The zero-order valence-corrected chi connectivity index (χ0v) is 11.8. The lowest BCUT2D eigenvalue weighted by molar-refractivity contribution is 0.0697. The molecule has 0 spiro atoms. The minimum absolute atomic E-state index is 0.168. The molecule has 8 heteroatoms. The molecule has 0 amide bonds. The fourth-order valence-corrected chi connectivity index (χ4v) is 2.49. The molecule has 0 aliphatic heterocycles. The number of aryl methyl sites for hydroxylation is 1. The molecule has 0 bridgehead atoms. The van der Waals surface area contributed by atoms with E-state index >= 15 is 0 Å². The van der Waals surface area contributed by atoms with Gasteiger partial charge in [0.2, 0.25) is 5.89 Å². The molecule has 1 N–H and O–H groups in total. The summed E-state index contributed by atoms with van der Waals surface area (Å²) in [5.74, 6) is -0.391. The number of rotatable bonds is 4. The number of aromatic carboxylic acids is 1. The molecule has 106 valence electrons. The predicted octanol–water partition coefficient (Wildman–Crippen LogP) is 2.52. The Morgan fingerprint density at radius 3 is 2.86 bits per heavy atom. The molecule has 0 saturated heterocycles. The standard InChI is InChI=1S/C13H10N4O3S/c1-2-9-10(21-17-14-9)12-16-15-11(20-12)7-4-3-5-8(6-7)13(18)19/h3-6H,2H2,1H3,(H,18,19). The fourth-order valence-electron chi connectivity index (χ4n) is 1.82. The van der Waals surface area contributed by atoms with Crippen LogP contribution in [-0.2, 0) is 6.42 Å². The van der Waals surface area contributed by atoms with Crippen LogP contribution in [0.1, 0.15) is 23.0 Å². The van der Waals surface area contributed by atoms with Crippen molar-refractivity contribution >= 4 is 17.5 Å². The van der Waals surface area contributed by atoms with E-state index in [-0.39, 0.29) is 11.5 Å². The van der Waals surface area contributed by atoms with Crippen LogP contribution >= 0.6 is 11.5 Å². The number of carboxylic acids is 1. The van der Waals surface area contributed by atoms with Crippen molar-refractivity contribution in [2.24, 2.45) is 0 Å². The number of carboxylic acid groups (broad SMARTS) is 1. The smallest absolute Gasteiger partial charge is 0.335 e. The maximum absolute atomic E-state index is 11.0. The van der Waals surface area contributed by atoms with E-state index in [2.05, 4.69) is 19.8 Å². The molecule has 0 atom stereocenters. The molecular weight excluding hydrogens is 292 g/mol. The molecule has 21 heavy (non-hydrogen) atoms. The number of nitrogens with zero attached hydrogens (tertiary/aromatic N) is 4. The minimum atomic E-state index is -1.00. The highest BCUT2D eigenvalue weighted by atomic mass is 32.1. The van der Waals surface area contributed by atoms with Crippen LogP contribution in [0.25, 0.3) is 22.2 Å². The largest absolute Gasteiger partial charge is 0.478 e. The lowest BCUT2D eigenvalue weighted by Gasteiger charge is -1.97. The Morgan fingerprint density at radius 2 is 2.10 bits per heavy atom. The van der Waals surface area contributed by atoms with E-state index in [9.17, 15) is 4.79 Å². The highest BCUT2D eigenvalue weighted by Crippen LogP contribution is 2.28. The number of aromatic nitrogens is 4. The molecule has 2 heterocycles. The monoisotopic (exact) mass is 302 g/mol. The Bertz CT molecular complexity index is 796. The molecule has 0 aliphatic carbocycles. The van der Waals surface area contributed by atoms with Crippen LogP contribution in [0.4, 0.5) is 0 Å². The molecular formula is C13H10N4O3S. The number of hydrogen-bond acceptors (Lipinski definition) is 7. The molecule has 3 aromatic rings. The van der Waals surface area contributed by atoms with Crippen molar-refractivity contribution in [3.63, 3.8) is 0 Å². The van der Waals surface area contributed by atoms with Crippen LogP contribution in [0.5, 0.6) is 0 Å². The molecule has 2 aromatic heterocycles. The van der Waals surface area contributed by atoms with Gasteiger partial charge in [-0.15, -0.1) is 15.3 Å². The molecule has 0 aliphatic rings. The van der Waals surface area contributed by atoms with Gasteiger partial charge >= 0.3 is 5.97 Å². The van der Waals surface area contributed by atoms with Crippen molar-refractivity contribution in [3.8, 4) is 22.2 Å². The van der Waals surface area contributed by atoms with Crippen LogP contribution in [-0.4, -0.2) is 30.9 Å². The topological polar surface area (TPSA) is 102 Å². The third kappa shape index (κ3) is 2.52. The van der Waals surface area contributed by atoms with Gasteiger partial charge in [0.15, 0.2) is 0 Å². The molecule has 0 unspecified atom stereocenters. The highest BCUT2D eigenvalue weighted by Gasteiger charge is 2.17. The first-order valence-corrected chi connectivity index (χ1v) is 6.95. The van der Waals surface area contributed by atoms with Gasteiger partial charge < -0.3 is 9.52 Å². The first kappa shape index (κ1) is 13.4. The highest BCUT2D eigenvalue weighted by molar-refractivity contribution is 7.09. The van der Waals surface area contributed by atoms with Gasteiger partial charge in [-0.05, 0) is 36.2 Å². The van der Waals surface area contributed by atoms with Crippen molar-refractivity contribution in [1.82, 2.24) is 19.8 Å². The molecule has 0 saturated carbocycles. The van der Waals surface area contributed by atoms with E-state index in [1.807, 2.05) is 6.92 Å². The van der Waals surface area contributed by atoms with Gasteiger partial charge in [-0.25, -0.2) is 4.79 Å². The molecule has 1 aromatic carbocycles. The van der Waals surface area contributed by atoms with Crippen LogP contribution < -0.4 is 0 Å². The molecule has 7 nitrogen and oxygen atoms in total. The summed E-state index contributed by atoms with van der Waals surface area (Å²) in [5, 5.41) is 20.9. The third-order valence-corrected chi connectivity index (χ3v) is 3.62. The summed E-state index contributed by atoms with van der Waals surface area (Å²) in [4.78, 5) is 11.7. The van der Waals surface area contributed by atoms with E-state index in [0.29, 0.717) is 11.5 Å². The summed E-state index contributed by atoms with van der Waals surface area (Å²) >= 11 is 1.19. The van der Waals surface area contributed by atoms with Gasteiger partial charge in [0, 0.05) is 5.56 Å². The molecule has 3 rings (SSSR count). The first-order valence-electron chi connectivity index (χ1n) is 6.18. The maximum Gasteiger partial charge on any atom is 0.335 e.